The predicted octanol–water partition coefficient (Wildman–Crippen LogP) is 1.78. The molecule has 0 amide bonds. The fraction of sp³-hybridized carbons (Fsp3) is 1.00. The van der Waals surface area contributed by atoms with Gasteiger partial charge in [-0.05, 0) is 52.9 Å². The van der Waals surface area contributed by atoms with Gasteiger partial charge in [0.05, 0.1) is 0 Å². The molecule has 0 spiro atoms. The highest BCUT2D eigenvalue weighted by atomic mass is 15.2. The Labute approximate surface area is 107 Å². The highest BCUT2D eigenvalue weighted by Gasteiger charge is 2.30. The summed E-state index contributed by atoms with van der Waals surface area (Å²) < 4.78 is 0. The largest absolute Gasteiger partial charge is 0.330 e. The number of rotatable bonds is 6. The molecule has 1 aliphatic carbocycles. The van der Waals surface area contributed by atoms with E-state index in [0.29, 0.717) is 18.0 Å². The van der Waals surface area contributed by atoms with Crippen molar-refractivity contribution in [3.05, 3.63) is 0 Å². The third kappa shape index (κ3) is 4.23. The van der Waals surface area contributed by atoms with E-state index in [0.717, 1.165) is 19.6 Å². The third-order valence-electron chi connectivity index (χ3n) is 4.16. The zero-order valence-electron chi connectivity index (χ0n) is 12.2. The summed E-state index contributed by atoms with van der Waals surface area (Å²) in [5.41, 5.74) is 5.95. The van der Waals surface area contributed by atoms with Crippen LogP contribution in [0.25, 0.3) is 0 Å². The predicted molar refractivity (Wildman–Crippen MR) is 75.2 cm³/mol. The second kappa shape index (κ2) is 7.34. The molecule has 3 atom stereocenters. The molecule has 3 unspecified atom stereocenters. The Kier molecular flexibility index (Phi) is 6.45. The van der Waals surface area contributed by atoms with Crippen LogP contribution in [0.2, 0.25) is 0 Å². The standard InChI is InChI=1S/C14H31N3/c1-5-17(12(2)11-16(3)4)14-9-7-6-8-13(14)10-15/h12-14H,5-11,15H2,1-4H3. The van der Waals surface area contributed by atoms with Gasteiger partial charge in [0.1, 0.15) is 0 Å². The third-order valence-corrected chi connectivity index (χ3v) is 4.16. The van der Waals surface area contributed by atoms with E-state index in [4.69, 9.17) is 5.73 Å². The molecule has 0 saturated heterocycles. The van der Waals surface area contributed by atoms with Gasteiger partial charge in [-0.1, -0.05) is 19.8 Å². The number of likely N-dealkylation sites (N-methyl/N-ethyl adjacent to an activating group) is 2. The Morgan fingerprint density at radius 3 is 2.41 bits per heavy atom. The van der Waals surface area contributed by atoms with Crippen molar-refractivity contribution in [1.29, 1.82) is 0 Å². The van der Waals surface area contributed by atoms with Crippen LogP contribution < -0.4 is 5.73 Å². The Hall–Kier alpha value is -0.120. The molecular weight excluding hydrogens is 210 g/mol. The average molecular weight is 241 g/mol. The zero-order chi connectivity index (χ0) is 12.8. The molecule has 2 N–H and O–H groups in total. The maximum Gasteiger partial charge on any atom is 0.0197 e. The van der Waals surface area contributed by atoms with Gasteiger partial charge in [0.15, 0.2) is 0 Å². The fourth-order valence-corrected chi connectivity index (χ4v) is 3.41. The number of nitrogens with zero attached hydrogens (tertiary/aromatic N) is 2. The minimum atomic E-state index is 0.632. The molecule has 0 bridgehead atoms. The van der Waals surface area contributed by atoms with Gasteiger partial charge < -0.3 is 10.6 Å². The van der Waals surface area contributed by atoms with E-state index < -0.39 is 0 Å². The summed E-state index contributed by atoms with van der Waals surface area (Å²) in [6.07, 6.45) is 5.42. The number of nitrogens with two attached hydrogens (primary N) is 1. The first-order chi connectivity index (χ1) is 8.10. The van der Waals surface area contributed by atoms with Crippen LogP contribution in [-0.2, 0) is 0 Å². The van der Waals surface area contributed by atoms with E-state index in [1.54, 1.807) is 0 Å². The number of hydrogen-bond donors (Lipinski definition) is 1. The lowest BCUT2D eigenvalue weighted by Gasteiger charge is -2.43. The SMILES string of the molecule is CCN(C(C)CN(C)C)C1CCCCC1CN. The zero-order valence-corrected chi connectivity index (χ0v) is 12.2. The maximum atomic E-state index is 5.95. The summed E-state index contributed by atoms with van der Waals surface area (Å²) in [6, 6.07) is 1.35. The highest BCUT2D eigenvalue weighted by Crippen LogP contribution is 2.29. The summed E-state index contributed by atoms with van der Waals surface area (Å²) in [4.78, 5) is 4.96. The Morgan fingerprint density at radius 1 is 1.24 bits per heavy atom. The lowest BCUT2D eigenvalue weighted by Crippen LogP contribution is -2.51. The molecule has 1 aliphatic rings. The summed E-state index contributed by atoms with van der Waals surface area (Å²) in [5, 5.41) is 0. The molecule has 3 nitrogen and oxygen atoms in total. The van der Waals surface area contributed by atoms with Crippen molar-refractivity contribution in [2.24, 2.45) is 11.7 Å². The van der Waals surface area contributed by atoms with E-state index >= 15 is 0 Å². The van der Waals surface area contributed by atoms with Crippen LogP contribution in [0.15, 0.2) is 0 Å². The van der Waals surface area contributed by atoms with Crippen LogP contribution in [0, 0.1) is 5.92 Å². The molecule has 0 aliphatic heterocycles. The highest BCUT2D eigenvalue weighted by molar-refractivity contribution is 4.86. The first-order valence-electron chi connectivity index (χ1n) is 7.20. The van der Waals surface area contributed by atoms with Gasteiger partial charge in [-0.3, -0.25) is 4.90 Å². The van der Waals surface area contributed by atoms with E-state index in [1.807, 2.05) is 0 Å². The van der Waals surface area contributed by atoms with Crippen molar-refractivity contribution < 1.29 is 0 Å². The molecule has 0 aromatic carbocycles. The molecule has 0 aromatic heterocycles. The van der Waals surface area contributed by atoms with Gasteiger partial charge in [-0.2, -0.15) is 0 Å². The van der Waals surface area contributed by atoms with E-state index in [1.165, 1.54) is 25.7 Å². The molecule has 1 rings (SSSR count). The van der Waals surface area contributed by atoms with Gasteiger partial charge in [0.25, 0.3) is 0 Å². The van der Waals surface area contributed by atoms with Crippen molar-refractivity contribution in [1.82, 2.24) is 9.80 Å². The average Bonchev–Trinajstić information content (AvgIpc) is 2.29. The normalized spacial score (nSPS) is 27.7. The minimum Gasteiger partial charge on any atom is -0.330 e. The lowest BCUT2D eigenvalue weighted by atomic mass is 9.83. The molecule has 102 valence electrons. The van der Waals surface area contributed by atoms with Crippen LogP contribution in [-0.4, -0.2) is 55.6 Å². The first-order valence-corrected chi connectivity index (χ1v) is 7.20. The molecular formula is C14H31N3. The summed E-state index contributed by atoms with van der Waals surface area (Å²) in [5.74, 6) is 0.716. The van der Waals surface area contributed by atoms with Gasteiger partial charge in [0, 0.05) is 18.6 Å². The van der Waals surface area contributed by atoms with Gasteiger partial charge >= 0.3 is 0 Å². The Balaban J connectivity index is 2.63. The van der Waals surface area contributed by atoms with E-state index in [-0.39, 0.29) is 0 Å². The molecule has 1 saturated carbocycles. The van der Waals surface area contributed by atoms with Crippen LogP contribution in [0.1, 0.15) is 39.5 Å². The van der Waals surface area contributed by atoms with Crippen LogP contribution in [0.3, 0.4) is 0 Å². The summed E-state index contributed by atoms with van der Waals surface area (Å²) in [7, 11) is 4.32. The van der Waals surface area contributed by atoms with Crippen LogP contribution >= 0.6 is 0 Å². The van der Waals surface area contributed by atoms with Gasteiger partial charge in [-0.25, -0.2) is 0 Å². The van der Waals surface area contributed by atoms with Crippen molar-refractivity contribution in [2.45, 2.75) is 51.6 Å². The quantitative estimate of drug-likeness (QED) is 0.769. The van der Waals surface area contributed by atoms with Crippen LogP contribution in [0.4, 0.5) is 0 Å². The second-order valence-electron chi connectivity index (χ2n) is 5.79. The molecule has 0 heterocycles. The monoisotopic (exact) mass is 241 g/mol. The first kappa shape index (κ1) is 14.9. The van der Waals surface area contributed by atoms with Crippen molar-refractivity contribution in [3.63, 3.8) is 0 Å². The topological polar surface area (TPSA) is 32.5 Å². The smallest absolute Gasteiger partial charge is 0.0197 e. The molecule has 3 heteroatoms. The molecule has 17 heavy (non-hydrogen) atoms. The minimum absolute atomic E-state index is 0.632. The van der Waals surface area contributed by atoms with Crippen molar-refractivity contribution in [3.8, 4) is 0 Å². The van der Waals surface area contributed by atoms with Crippen molar-refractivity contribution >= 4 is 0 Å². The molecule has 0 radical (unpaired) electrons. The summed E-state index contributed by atoms with van der Waals surface area (Å²) >= 11 is 0. The van der Waals surface area contributed by atoms with E-state index in [2.05, 4.69) is 37.7 Å². The van der Waals surface area contributed by atoms with Gasteiger partial charge in [0.2, 0.25) is 0 Å². The maximum absolute atomic E-state index is 5.95. The van der Waals surface area contributed by atoms with E-state index in [9.17, 15) is 0 Å². The van der Waals surface area contributed by atoms with Gasteiger partial charge in [-0.15, -0.1) is 0 Å². The Bertz CT molecular complexity index is 206. The Morgan fingerprint density at radius 2 is 1.88 bits per heavy atom. The number of hydrogen-bond acceptors (Lipinski definition) is 3. The summed E-state index contributed by atoms with van der Waals surface area (Å²) in [6.45, 7) is 7.79. The van der Waals surface area contributed by atoms with Crippen LogP contribution in [0.5, 0.6) is 0 Å². The molecule has 1 fully saturated rings. The fourth-order valence-electron chi connectivity index (χ4n) is 3.41. The second-order valence-corrected chi connectivity index (χ2v) is 5.79. The van der Waals surface area contributed by atoms with Crippen molar-refractivity contribution in [2.75, 3.05) is 33.7 Å². The molecule has 0 aromatic rings. The lowest BCUT2D eigenvalue weighted by molar-refractivity contribution is 0.0658.